The fourth-order valence-electron chi connectivity index (χ4n) is 2.90. The van der Waals surface area contributed by atoms with Gasteiger partial charge in [0.05, 0.1) is 0 Å². The van der Waals surface area contributed by atoms with Gasteiger partial charge >= 0.3 is 6.03 Å². The Labute approximate surface area is 153 Å². The van der Waals surface area contributed by atoms with Gasteiger partial charge in [0.15, 0.2) is 0 Å². The van der Waals surface area contributed by atoms with Crippen molar-refractivity contribution in [3.05, 3.63) is 58.7 Å². The van der Waals surface area contributed by atoms with Crippen LogP contribution >= 0.6 is 11.6 Å². The Morgan fingerprint density at radius 2 is 1.84 bits per heavy atom. The summed E-state index contributed by atoms with van der Waals surface area (Å²) in [5, 5.41) is 3.62. The Hall–Kier alpha value is -2.27. The summed E-state index contributed by atoms with van der Waals surface area (Å²) in [4.78, 5) is 20.7. The molecule has 1 fully saturated rings. The second kappa shape index (κ2) is 8.21. The van der Waals surface area contributed by atoms with Gasteiger partial charge in [-0.05, 0) is 42.2 Å². The van der Waals surface area contributed by atoms with Gasteiger partial charge in [-0.15, -0.1) is 0 Å². The molecule has 0 saturated carbocycles. The summed E-state index contributed by atoms with van der Waals surface area (Å²) >= 11 is 5.88. The normalized spacial score (nSPS) is 13.8. The minimum atomic E-state index is -0.112. The first kappa shape index (κ1) is 17.5. The zero-order valence-corrected chi connectivity index (χ0v) is 15.2. The van der Waals surface area contributed by atoms with Crippen molar-refractivity contribution in [2.75, 3.05) is 25.0 Å². The van der Waals surface area contributed by atoms with Crippen molar-refractivity contribution < 1.29 is 4.79 Å². The van der Waals surface area contributed by atoms with Crippen LogP contribution in [0.25, 0.3) is 0 Å². The van der Waals surface area contributed by atoms with E-state index in [4.69, 9.17) is 11.6 Å². The summed E-state index contributed by atoms with van der Waals surface area (Å²) < 4.78 is 0. The quantitative estimate of drug-likeness (QED) is 0.887. The number of hydrogen-bond donors (Lipinski definition) is 1. The van der Waals surface area contributed by atoms with Gasteiger partial charge < -0.3 is 15.1 Å². The lowest BCUT2D eigenvalue weighted by molar-refractivity contribution is 0.206. The average molecular weight is 359 g/mol. The van der Waals surface area contributed by atoms with E-state index in [-0.39, 0.29) is 6.03 Å². The molecular weight excluding hydrogens is 336 g/mol. The molecule has 0 spiro atoms. The maximum absolute atomic E-state index is 12.2. The number of carbonyl (C=O) groups excluding carboxylic acids is 1. The van der Waals surface area contributed by atoms with Crippen molar-refractivity contribution in [1.29, 1.82) is 0 Å². The van der Waals surface area contributed by atoms with Crippen molar-refractivity contribution in [3.63, 3.8) is 0 Å². The molecule has 2 aromatic rings. The van der Waals surface area contributed by atoms with Crippen LogP contribution in [0.5, 0.6) is 0 Å². The highest BCUT2D eigenvalue weighted by molar-refractivity contribution is 6.30. The Balaban J connectivity index is 1.48. The molecule has 1 aliphatic heterocycles. The maximum Gasteiger partial charge on any atom is 0.317 e. The Kier molecular flexibility index (Phi) is 5.76. The van der Waals surface area contributed by atoms with Gasteiger partial charge in [0.2, 0.25) is 0 Å². The topological polar surface area (TPSA) is 48.5 Å². The number of nitrogens with one attached hydrogen (secondary N) is 1. The zero-order chi connectivity index (χ0) is 17.6. The number of nitrogens with zero attached hydrogens (tertiary/aromatic N) is 3. The molecule has 0 radical (unpaired) electrons. The lowest BCUT2D eigenvalue weighted by Gasteiger charge is -2.19. The fourth-order valence-corrected chi connectivity index (χ4v) is 3.03. The molecule has 1 saturated heterocycles. The standard InChI is InChI=1S/C19H23ClN4O/c1-23(14-15-4-7-17(20)8-5-15)19(25)22-13-16-6-9-18(21-12-16)24-10-2-3-11-24/h4-9,12H,2-3,10-11,13-14H2,1H3,(H,22,25). The minimum absolute atomic E-state index is 0.112. The molecule has 3 rings (SSSR count). The van der Waals surface area contributed by atoms with E-state index in [1.807, 2.05) is 42.6 Å². The van der Waals surface area contributed by atoms with E-state index < -0.39 is 0 Å². The first-order valence-electron chi connectivity index (χ1n) is 8.55. The number of hydrogen-bond acceptors (Lipinski definition) is 3. The molecule has 0 bridgehead atoms. The number of halogens is 1. The van der Waals surface area contributed by atoms with E-state index in [1.165, 1.54) is 12.8 Å². The highest BCUT2D eigenvalue weighted by atomic mass is 35.5. The minimum Gasteiger partial charge on any atom is -0.357 e. The van der Waals surface area contributed by atoms with Crippen LogP contribution in [0.15, 0.2) is 42.6 Å². The zero-order valence-electron chi connectivity index (χ0n) is 14.4. The molecule has 1 N–H and O–H groups in total. The highest BCUT2D eigenvalue weighted by Crippen LogP contribution is 2.17. The average Bonchev–Trinajstić information content (AvgIpc) is 3.16. The van der Waals surface area contributed by atoms with E-state index in [1.54, 1.807) is 11.9 Å². The molecule has 1 aromatic heterocycles. The van der Waals surface area contributed by atoms with E-state index in [0.29, 0.717) is 18.1 Å². The van der Waals surface area contributed by atoms with E-state index in [0.717, 1.165) is 30.0 Å². The first-order valence-corrected chi connectivity index (χ1v) is 8.93. The molecule has 25 heavy (non-hydrogen) atoms. The first-order chi connectivity index (χ1) is 12.1. The third-order valence-corrected chi connectivity index (χ3v) is 4.61. The van der Waals surface area contributed by atoms with Gasteiger partial charge in [0.25, 0.3) is 0 Å². The number of carbonyl (C=O) groups is 1. The van der Waals surface area contributed by atoms with E-state index in [9.17, 15) is 4.79 Å². The number of benzene rings is 1. The van der Waals surface area contributed by atoms with Crippen LogP contribution in [-0.4, -0.2) is 36.1 Å². The van der Waals surface area contributed by atoms with Crippen molar-refractivity contribution >= 4 is 23.4 Å². The van der Waals surface area contributed by atoms with Gasteiger partial charge in [-0.2, -0.15) is 0 Å². The Morgan fingerprint density at radius 1 is 1.16 bits per heavy atom. The summed E-state index contributed by atoms with van der Waals surface area (Å²) in [6.07, 6.45) is 4.31. The monoisotopic (exact) mass is 358 g/mol. The molecule has 6 heteroatoms. The number of pyridine rings is 1. The molecule has 0 atom stereocenters. The number of rotatable bonds is 5. The number of urea groups is 1. The number of anilines is 1. The summed E-state index contributed by atoms with van der Waals surface area (Å²) in [7, 11) is 1.78. The highest BCUT2D eigenvalue weighted by Gasteiger charge is 2.13. The maximum atomic E-state index is 12.2. The third kappa shape index (κ3) is 4.86. The van der Waals surface area contributed by atoms with Gasteiger partial charge in [-0.1, -0.05) is 29.8 Å². The van der Waals surface area contributed by atoms with Crippen LogP contribution in [0.4, 0.5) is 10.6 Å². The van der Waals surface area contributed by atoms with Gasteiger partial charge in [-0.25, -0.2) is 9.78 Å². The van der Waals surface area contributed by atoms with Gasteiger partial charge in [0.1, 0.15) is 5.82 Å². The Bertz CT molecular complexity index is 696. The van der Waals surface area contributed by atoms with Crippen LogP contribution < -0.4 is 10.2 Å². The molecule has 2 amide bonds. The molecule has 1 aliphatic rings. The second-order valence-electron chi connectivity index (χ2n) is 6.36. The van der Waals surface area contributed by atoms with Gasteiger partial charge in [0, 0.05) is 44.4 Å². The summed E-state index contributed by atoms with van der Waals surface area (Å²) in [6, 6.07) is 11.5. The van der Waals surface area contributed by atoms with E-state index >= 15 is 0 Å². The molecule has 132 valence electrons. The van der Waals surface area contributed by atoms with Crippen molar-refractivity contribution in [2.45, 2.75) is 25.9 Å². The summed E-state index contributed by atoms with van der Waals surface area (Å²) in [6.45, 7) is 3.17. The number of amides is 2. The largest absolute Gasteiger partial charge is 0.357 e. The van der Waals surface area contributed by atoms with Crippen molar-refractivity contribution in [2.24, 2.45) is 0 Å². The fraction of sp³-hybridized carbons (Fsp3) is 0.368. The van der Waals surface area contributed by atoms with Crippen molar-refractivity contribution in [3.8, 4) is 0 Å². The Morgan fingerprint density at radius 3 is 2.48 bits per heavy atom. The van der Waals surface area contributed by atoms with Crippen LogP contribution in [0.2, 0.25) is 5.02 Å². The molecule has 5 nitrogen and oxygen atoms in total. The van der Waals surface area contributed by atoms with Gasteiger partial charge in [-0.3, -0.25) is 0 Å². The SMILES string of the molecule is CN(Cc1ccc(Cl)cc1)C(=O)NCc1ccc(N2CCCC2)nc1. The van der Waals surface area contributed by atoms with Crippen LogP contribution in [-0.2, 0) is 13.1 Å². The number of aromatic nitrogens is 1. The van der Waals surface area contributed by atoms with Crippen LogP contribution in [0.3, 0.4) is 0 Å². The second-order valence-corrected chi connectivity index (χ2v) is 6.80. The summed E-state index contributed by atoms with van der Waals surface area (Å²) in [5.74, 6) is 1.02. The predicted octanol–water partition coefficient (Wildman–Crippen LogP) is 3.68. The molecule has 2 heterocycles. The van der Waals surface area contributed by atoms with E-state index in [2.05, 4.69) is 15.2 Å². The van der Waals surface area contributed by atoms with Crippen molar-refractivity contribution in [1.82, 2.24) is 15.2 Å². The molecule has 0 unspecified atom stereocenters. The molecular formula is C19H23ClN4O. The summed E-state index contributed by atoms with van der Waals surface area (Å²) in [5.41, 5.74) is 2.04. The lowest BCUT2D eigenvalue weighted by atomic mass is 10.2. The lowest BCUT2D eigenvalue weighted by Crippen LogP contribution is -2.36. The smallest absolute Gasteiger partial charge is 0.317 e. The third-order valence-electron chi connectivity index (χ3n) is 4.36. The predicted molar refractivity (Wildman–Crippen MR) is 101 cm³/mol. The molecule has 0 aliphatic carbocycles. The molecule has 1 aromatic carbocycles. The van der Waals surface area contributed by atoms with Crippen LogP contribution in [0, 0.1) is 0 Å². The van der Waals surface area contributed by atoms with Crippen LogP contribution in [0.1, 0.15) is 24.0 Å².